The predicted molar refractivity (Wildman–Crippen MR) is 114 cm³/mol. The number of likely N-dealkylation sites (N-methyl/N-ethyl adjacent to an activating group) is 1. The van der Waals surface area contributed by atoms with Crippen LogP contribution in [0.4, 0.5) is 5.82 Å². The van der Waals surface area contributed by atoms with E-state index in [9.17, 15) is 4.79 Å². The number of carbonyl (C=O) groups is 1. The topological polar surface area (TPSA) is 87.9 Å². The highest BCUT2D eigenvalue weighted by Gasteiger charge is 2.17. The number of fused-ring (bicyclic) bond motifs is 1. The van der Waals surface area contributed by atoms with Gasteiger partial charge in [0.05, 0.1) is 7.11 Å². The lowest BCUT2D eigenvalue weighted by molar-refractivity contribution is -0.121. The first-order chi connectivity index (χ1) is 14.6. The lowest BCUT2D eigenvalue weighted by Crippen LogP contribution is -2.45. The van der Waals surface area contributed by atoms with Gasteiger partial charge in [0.15, 0.2) is 11.5 Å². The molecule has 1 N–H and O–H groups in total. The minimum atomic E-state index is -0.0372. The van der Waals surface area contributed by atoms with Crippen LogP contribution in [0.25, 0.3) is 5.65 Å². The second-order valence-electron chi connectivity index (χ2n) is 7.50. The van der Waals surface area contributed by atoms with Crippen LogP contribution >= 0.6 is 0 Å². The monoisotopic (exact) mass is 409 g/mol. The molecule has 3 heterocycles. The Morgan fingerprint density at radius 1 is 1.13 bits per heavy atom. The Kier molecular flexibility index (Phi) is 6.08. The third kappa shape index (κ3) is 4.68. The van der Waals surface area contributed by atoms with E-state index in [1.165, 1.54) is 0 Å². The normalized spacial score (nSPS) is 14.8. The molecular formula is C21H27N7O2. The lowest BCUT2D eigenvalue weighted by Gasteiger charge is -2.33. The van der Waals surface area contributed by atoms with E-state index < -0.39 is 0 Å². The van der Waals surface area contributed by atoms with E-state index in [1.54, 1.807) is 11.6 Å². The van der Waals surface area contributed by atoms with Crippen LogP contribution in [-0.4, -0.2) is 71.0 Å². The van der Waals surface area contributed by atoms with Gasteiger partial charge in [-0.1, -0.05) is 12.1 Å². The Bertz CT molecular complexity index is 1010. The van der Waals surface area contributed by atoms with Gasteiger partial charge in [-0.15, -0.1) is 15.3 Å². The van der Waals surface area contributed by atoms with Crippen LogP contribution in [0, 0.1) is 0 Å². The average Bonchev–Trinajstić information content (AvgIpc) is 3.19. The number of amides is 1. The molecule has 4 rings (SSSR count). The van der Waals surface area contributed by atoms with Gasteiger partial charge in [0.25, 0.3) is 0 Å². The van der Waals surface area contributed by atoms with Gasteiger partial charge in [0.1, 0.15) is 11.6 Å². The van der Waals surface area contributed by atoms with Crippen LogP contribution in [0.1, 0.15) is 17.8 Å². The molecule has 0 radical (unpaired) electrons. The van der Waals surface area contributed by atoms with Crippen molar-refractivity contribution in [3.8, 4) is 5.75 Å². The second kappa shape index (κ2) is 9.08. The highest BCUT2D eigenvalue weighted by molar-refractivity contribution is 5.76. The molecule has 1 aliphatic heterocycles. The lowest BCUT2D eigenvalue weighted by atomic mass is 10.2. The van der Waals surface area contributed by atoms with E-state index in [-0.39, 0.29) is 5.91 Å². The fraction of sp³-hybridized carbons (Fsp3) is 0.429. The minimum Gasteiger partial charge on any atom is -0.497 e. The molecule has 1 saturated heterocycles. The van der Waals surface area contributed by atoms with Crippen LogP contribution in [0.5, 0.6) is 5.75 Å². The summed E-state index contributed by atoms with van der Waals surface area (Å²) in [5.41, 5.74) is 1.69. The summed E-state index contributed by atoms with van der Waals surface area (Å²) in [7, 11) is 3.76. The number of methoxy groups -OCH3 is 1. The number of aromatic nitrogens is 4. The summed E-state index contributed by atoms with van der Waals surface area (Å²) >= 11 is 0. The summed E-state index contributed by atoms with van der Waals surface area (Å²) in [4.78, 5) is 16.9. The SMILES string of the molecule is COc1cccc(CNC(=O)CCc2nnc3ccc(N4CCN(C)CC4)nn23)c1. The van der Waals surface area contributed by atoms with E-state index in [2.05, 4.69) is 32.4 Å². The van der Waals surface area contributed by atoms with Crippen molar-refractivity contribution in [2.75, 3.05) is 45.2 Å². The Hall–Kier alpha value is -3.20. The summed E-state index contributed by atoms with van der Waals surface area (Å²) in [6.07, 6.45) is 0.801. The number of carbonyl (C=O) groups excluding carboxylic acids is 1. The molecule has 1 fully saturated rings. The van der Waals surface area contributed by atoms with Crippen LogP contribution in [-0.2, 0) is 17.8 Å². The number of rotatable bonds is 7. The van der Waals surface area contributed by atoms with Crippen molar-refractivity contribution in [2.45, 2.75) is 19.4 Å². The summed E-state index contributed by atoms with van der Waals surface area (Å²) in [5.74, 6) is 2.35. The molecule has 2 aromatic heterocycles. The zero-order chi connectivity index (χ0) is 20.9. The molecule has 1 aromatic carbocycles. The number of anilines is 1. The van der Waals surface area contributed by atoms with E-state index >= 15 is 0 Å². The highest BCUT2D eigenvalue weighted by Crippen LogP contribution is 2.15. The van der Waals surface area contributed by atoms with Gasteiger partial charge in [0, 0.05) is 45.6 Å². The van der Waals surface area contributed by atoms with Gasteiger partial charge in [0.2, 0.25) is 5.91 Å². The fourth-order valence-electron chi connectivity index (χ4n) is 3.48. The molecule has 1 amide bonds. The Balaban J connectivity index is 1.36. The molecule has 0 aliphatic carbocycles. The number of nitrogens with one attached hydrogen (secondary N) is 1. The van der Waals surface area contributed by atoms with Crippen molar-refractivity contribution in [3.63, 3.8) is 0 Å². The number of hydrogen-bond donors (Lipinski definition) is 1. The summed E-state index contributed by atoms with van der Waals surface area (Å²) in [6.45, 7) is 4.38. The fourth-order valence-corrected chi connectivity index (χ4v) is 3.48. The number of nitrogens with zero attached hydrogens (tertiary/aromatic N) is 6. The van der Waals surface area contributed by atoms with Gasteiger partial charge < -0.3 is 19.9 Å². The van der Waals surface area contributed by atoms with E-state index in [0.717, 1.165) is 43.3 Å². The molecule has 3 aromatic rings. The molecule has 1 aliphatic rings. The van der Waals surface area contributed by atoms with Crippen molar-refractivity contribution >= 4 is 17.4 Å². The van der Waals surface area contributed by atoms with Crippen molar-refractivity contribution in [2.24, 2.45) is 0 Å². The first-order valence-corrected chi connectivity index (χ1v) is 10.2. The number of aryl methyl sites for hydroxylation is 1. The van der Waals surface area contributed by atoms with Crippen molar-refractivity contribution in [1.82, 2.24) is 30.0 Å². The largest absolute Gasteiger partial charge is 0.497 e. The van der Waals surface area contributed by atoms with Gasteiger partial charge >= 0.3 is 0 Å². The average molecular weight is 409 g/mol. The Labute approximate surface area is 175 Å². The standard InChI is InChI=1S/C21H27N7O2/c1-26-10-12-27(13-11-26)20-7-6-18-23-24-19(28(18)25-20)8-9-21(29)22-15-16-4-3-5-17(14-16)30-2/h3-7,14H,8-13,15H2,1-2H3,(H,22,29). The minimum absolute atomic E-state index is 0.0372. The van der Waals surface area contributed by atoms with Gasteiger partial charge in [-0.3, -0.25) is 4.79 Å². The van der Waals surface area contributed by atoms with Crippen LogP contribution < -0.4 is 15.0 Å². The van der Waals surface area contributed by atoms with E-state index in [1.807, 2.05) is 36.4 Å². The molecule has 158 valence electrons. The van der Waals surface area contributed by atoms with Crippen molar-refractivity contribution in [1.29, 1.82) is 0 Å². The maximum Gasteiger partial charge on any atom is 0.220 e. The molecule has 0 saturated carbocycles. The predicted octanol–water partition coefficient (Wildman–Crippen LogP) is 1.13. The van der Waals surface area contributed by atoms with Crippen LogP contribution in [0.2, 0.25) is 0 Å². The highest BCUT2D eigenvalue weighted by atomic mass is 16.5. The third-order valence-electron chi connectivity index (χ3n) is 5.34. The number of hydrogen-bond acceptors (Lipinski definition) is 7. The van der Waals surface area contributed by atoms with Crippen molar-refractivity contribution < 1.29 is 9.53 Å². The smallest absolute Gasteiger partial charge is 0.220 e. The molecule has 0 bridgehead atoms. The molecule has 0 atom stereocenters. The van der Waals surface area contributed by atoms with Crippen LogP contribution in [0.3, 0.4) is 0 Å². The number of benzene rings is 1. The summed E-state index contributed by atoms with van der Waals surface area (Å²) < 4.78 is 6.97. The zero-order valence-corrected chi connectivity index (χ0v) is 17.4. The quantitative estimate of drug-likeness (QED) is 0.626. The molecular weight excluding hydrogens is 382 g/mol. The molecule has 30 heavy (non-hydrogen) atoms. The summed E-state index contributed by atoms with van der Waals surface area (Å²) in [6, 6.07) is 11.6. The van der Waals surface area contributed by atoms with Crippen LogP contribution in [0.15, 0.2) is 36.4 Å². The third-order valence-corrected chi connectivity index (χ3v) is 5.34. The maximum absolute atomic E-state index is 12.3. The van der Waals surface area contributed by atoms with Crippen molar-refractivity contribution in [3.05, 3.63) is 47.8 Å². The molecule has 9 nitrogen and oxygen atoms in total. The molecule has 9 heteroatoms. The van der Waals surface area contributed by atoms with Gasteiger partial charge in [-0.05, 0) is 36.9 Å². The van der Waals surface area contributed by atoms with E-state index in [4.69, 9.17) is 9.84 Å². The number of ether oxygens (including phenoxy) is 1. The summed E-state index contributed by atoms with van der Waals surface area (Å²) in [5, 5.41) is 16.1. The maximum atomic E-state index is 12.3. The van der Waals surface area contributed by atoms with Gasteiger partial charge in [-0.25, -0.2) is 0 Å². The Morgan fingerprint density at radius 2 is 1.97 bits per heavy atom. The Morgan fingerprint density at radius 3 is 2.77 bits per heavy atom. The first-order valence-electron chi connectivity index (χ1n) is 10.2. The molecule has 0 unspecified atom stereocenters. The molecule has 0 spiro atoms. The van der Waals surface area contributed by atoms with E-state index in [0.29, 0.717) is 30.9 Å². The zero-order valence-electron chi connectivity index (χ0n) is 17.4. The second-order valence-corrected chi connectivity index (χ2v) is 7.50. The number of piperazine rings is 1. The first kappa shape index (κ1) is 20.1. The van der Waals surface area contributed by atoms with Gasteiger partial charge in [-0.2, -0.15) is 4.52 Å².